The van der Waals surface area contributed by atoms with Crippen molar-refractivity contribution in [3.05, 3.63) is 180 Å². The average Bonchev–Trinajstić information content (AvgIpc) is 3.75. The normalized spacial score (nSPS) is 13.4. The quantitative estimate of drug-likeness (QED) is 0.207. The molecular weight excluding hydrogens is 560 g/mol. The van der Waals surface area contributed by atoms with Crippen LogP contribution < -0.4 is 0 Å². The van der Waals surface area contributed by atoms with Crippen LogP contribution in [-0.2, 0) is 5.41 Å². The fourth-order valence-corrected chi connectivity index (χ4v) is 7.68. The van der Waals surface area contributed by atoms with Gasteiger partial charge in [-0.2, -0.15) is 0 Å². The minimum Gasteiger partial charge on any atom is -0.295 e. The molecule has 0 unspecified atom stereocenters. The third-order valence-electron chi connectivity index (χ3n) is 9.61. The third-order valence-corrected chi connectivity index (χ3v) is 9.61. The molecule has 0 atom stereocenters. The van der Waals surface area contributed by atoms with Crippen molar-refractivity contribution in [2.45, 2.75) is 5.41 Å². The molecule has 4 heteroatoms. The van der Waals surface area contributed by atoms with Gasteiger partial charge in [0.15, 0.2) is 5.82 Å². The summed E-state index contributed by atoms with van der Waals surface area (Å²) in [6, 6.07) is 55.6. The summed E-state index contributed by atoms with van der Waals surface area (Å²) >= 11 is 0. The molecule has 2 aromatic heterocycles. The number of aromatic nitrogens is 4. The number of hydrogen-bond acceptors (Lipinski definition) is 3. The Morgan fingerprint density at radius 2 is 1.00 bits per heavy atom. The van der Waals surface area contributed by atoms with E-state index in [1.807, 2.05) is 36.4 Å². The minimum atomic E-state index is -0.487. The van der Waals surface area contributed by atoms with Crippen molar-refractivity contribution in [2.24, 2.45) is 0 Å². The first-order valence-corrected chi connectivity index (χ1v) is 15.6. The van der Waals surface area contributed by atoms with Crippen LogP contribution in [0.25, 0.3) is 61.8 Å². The van der Waals surface area contributed by atoms with Crippen LogP contribution in [0, 0.1) is 0 Å². The Hall–Kier alpha value is -6.13. The topological polar surface area (TPSA) is 43.6 Å². The van der Waals surface area contributed by atoms with Gasteiger partial charge in [-0.1, -0.05) is 133 Å². The van der Waals surface area contributed by atoms with E-state index < -0.39 is 5.41 Å². The molecule has 1 spiro atoms. The highest BCUT2D eigenvalue weighted by Crippen LogP contribution is 2.60. The van der Waals surface area contributed by atoms with Gasteiger partial charge in [-0.05, 0) is 52.1 Å². The lowest BCUT2D eigenvalue weighted by atomic mass is 9.73. The fraction of sp³-hybridized carbons (Fsp3) is 0.0238. The molecule has 4 nitrogen and oxygen atoms in total. The number of benzene rings is 6. The van der Waals surface area contributed by atoms with Crippen LogP contribution >= 0.6 is 0 Å². The first-order chi connectivity index (χ1) is 22.8. The number of para-hydroxylation sites is 1. The third kappa shape index (κ3) is 3.36. The van der Waals surface area contributed by atoms with Gasteiger partial charge in [-0.25, -0.2) is 15.0 Å². The maximum Gasteiger partial charge on any atom is 0.160 e. The summed E-state index contributed by atoms with van der Waals surface area (Å²) in [4.78, 5) is 15.6. The molecule has 0 radical (unpaired) electrons. The first-order valence-electron chi connectivity index (χ1n) is 15.6. The number of fused-ring (bicyclic) bond motifs is 12. The summed E-state index contributed by atoms with van der Waals surface area (Å²) in [6.07, 6.45) is 0. The van der Waals surface area contributed by atoms with Crippen LogP contribution in [0.1, 0.15) is 22.5 Å². The van der Waals surface area contributed by atoms with E-state index in [1.165, 1.54) is 33.5 Å². The summed E-state index contributed by atoms with van der Waals surface area (Å²) < 4.78 is 2.37. The van der Waals surface area contributed by atoms with E-state index in [4.69, 9.17) is 15.0 Å². The zero-order valence-corrected chi connectivity index (χ0v) is 24.8. The molecule has 0 amide bonds. The molecule has 0 N–H and O–H groups in total. The molecule has 0 saturated heterocycles. The largest absolute Gasteiger partial charge is 0.295 e. The number of nitrogens with zero attached hydrogens (tertiary/aromatic N) is 4. The van der Waals surface area contributed by atoms with Gasteiger partial charge in [0.25, 0.3) is 0 Å². The van der Waals surface area contributed by atoms with Crippen LogP contribution in [0.3, 0.4) is 0 Å². The second-order valence-electron chi connectivity index (χ2n) is 12.0. The van der Waals surface area contributed by atoms with Gasteiger partial charge in [0.1, 0.15) is 11.2 Å². The van der Waals surface area contributed by atoms with Crippen LogP contribution in [0.15, 0.2) is 158 Å². The predicted molar refractivity (Wildman–Crippen MR) is 184 cm³/mol. The molecule has 6 aromatic carbocycles. The molecule has 46 heavy (non-hydrogen) atoms. The second kappa shape index (κ2) is 9.43. The second-order valence-corrected chi connectivity index (χ2v) is 12.0. The van der Waals surface area contributed by atoms with Gasteiger partial charge in [0.2, 0.25) is 0 Å². The molecule has 10 rings (SSSR count). The zero-order chi connectivity index (χ0) is 30.2. The van der Waals surface area contributed by atoms with Crippen molar-refractivity contribution in [3.63, 3.8) is 0 Å². The lowest BCUT2D eigenvalue weighted by Gasteiger charge is -2.27. The van der Waals surface area contributed by atoms with Gasteiger partial charge in [0, 0.05) is 16.7 Å². The summed E-state index contributed by atoms with van der Waals surface area (Å²) in [5.74, 6) is 1.74. The lowest BCUT2D eigenvalue weighted by Crippen LogP contribution is -2.27. The van der Waals surface area contributed by atoms with Crippen LogP contribution in [0.2, 0.25) is 0 Å². The van der Waals surface area contributed by atoms with E-state index in [9.17, 15) is 0 Å². The van der Waals surface area contributed by atoms with Gasteiger partial charge < -0.3 is 0 Å². The van der Waals surface area contributed by atoms with Crippen molar-refractivity contribution in [1.29, 1.82) is 0 Å². The van der Waals surface area contributed by atoms with Crippen molar-refractivity contribution in [1.82, 2.24) is 19.5 Å². The highest BCUT2D eigenvalue weighted by atomic mass is 15.1. The highest BCUT2D eigenvalue weighted by Gasteiger charge is 2.54. The van der Waals surface area contributed by atoms with E-state index in [2.05, 4.69) is 126 Å². The smallest absolute Gasteiger partial charge is 0.160 e. The van der Waals surface area contributed by atoms with Crippen molar-refractivity contribution in [2.75, 3.05) is 0 Å². The first kappa shape index (κ1) is 25.2. The molecule has 8 aromatic rings. The average molecular weight is 587 g/mol. The van der Waals surface area contributed by atoms with Gasteiger partial charge in [-0.3, -0.25) is 4.57 Å². The lowest BCUT2D eigenvalue weighted by molar-refractivity contribution is 0.738. The molecule has 0 fully saturated rings. The molecule has 1 aliphatic heterocycles. The Balaban J connectivity index is 1.22. The van der Waals surface area contributed by atoms with Crippen molar-refractivity contribution < 1.29 is 0 Å². The summed E-state index contributed by atoms with van der Waals surface area (Å²) in [6.45, 7) is 0. The van der Waals surface area contributed by atoms with E-state index in [1.54, 1.807) is 0 Å². The van der Waals surface area contributed by atoms with E-state index in [0.29, 0.717) is 5.82 Å². The minimum absolute atomic E-state index is 0.487. The summed E-state index contributed by atoms with van der Waals surface area (Å²) in [5.41, 5.74) is 13.9. The highest BCUT2D eigenvalue weighted by molar-refractivity contribution is 5.92. The molecule has 3 heterocycles. The molecular formula is C42H26N4. The van der Waals surface area contributed by atoms with Gasteiger partial charge >= 0.3 is 0 Å². The van der Waals surface area contributed by atoms with Gasteiger partial charge in [-0.15, -0.1) is 0 Å². The maximum atomic E-state index is 5.51. The van der Waals surface area contributed by atoms with Crippen molar-refractivity contribution in [3.8, 4) is 50.7 Å². The monoisotopic (exact) mass is 586 g/mol. The Morgan fingerprint density at radius 1 is 0.435 bits per heavy atom. The molecule has 1 aliphatic carbocycles. The Morgan fingerprint density at radius 3 is 1.70 bits per heavy atom. The van der Waals surface area contributed by atoms with Crippen molar-refractivity contribution >= 4 is 11.0 Å². The number of hydrogen-bond donors (Lipinski definition) is 0. The van der Waals surface area contributed by atoms with Crippen LogP contribution in [0.4, 0.5) is 0 Å². The Kier molecular flexibility index (Phi) is 5.17. The number of imidazole rings is 1. The Bertz CT molecular complexity index is 2370. The fourth-order valence-electron chi connectivity index (χ4n) is 7.68. The SMILES string of the molecule is c1ccc(-c2cc(-c3ccc4c(c3)nc3n4-c4ccccc4C34c3ccccc3-c3ccccc34)nc(-c3ccccc3)n2)cc1. The standard InChI is InChI=1S/C42H26N4/c1-3-13-27(14-4-1)35-26-36(44-40(43-35)28-15-5-2-6-16-28)29-23-24-39-37(25-29)45-41-42(34-21-11-12-22-38(34)46(39)41)32-19-9-7-17-30(32)31-18-8-10-20-33(31)42/h1-26H. The van der Waals surface area contributed by atoms with E-state index in [-0.39, 0.29) is 0 Å². The zero-order valence-electron chi connectivity index (χ0n) is 24.8. The van der Waals surface area contributed by atoms with Crippen LogP contribution in [-0.4, -0.2) is 19.5 Å². The van der Waals surface area contributed by atoms with E-state index >= 15 is 0 Å². The number of rotatable bonds is 3. The molecule has 0 bridgehead atoms. The van der Waals surface area contributed by atoms with Gasteiger partial charge in [0.05, 0.1) is 28.1 Å². The summed E-state index contributed by atoms with van der Waals surface area (Å²) in [5, 5.41) is 0. The van der Waals surface area contributed by atoms with Crippen LogP contribution in [0.5, 0.6) is 0 Å². The maximum absolute atomic E-state index is 5.51. The molecule has 2 aliphatic rings. The molecule has 0 saturated carbocycles. The molecule has 214 valence electrons. The predicted octanol–water partition coefficient (Wildman–Crippen LogP) is 9.49. The van der Waals surface area contributed by atoms with E-state index in [0.717, 1.165) is 44.9 Å². The Labute approximate surface area is 266 Å². The summed E-state index contributed by atoms with van der Waals surface area (Å²) in [7, 11) is 0.